The third-order valence-corrected chi connectivity index (χ3v) is 5.24. The Balaban J connectivity index is 0.00000243. The number of hydrogen-bond donors (Lipinski definition) is 1. The van der Waals surface area contributed by atoms with Gasteiger partial charge in [-0.1, -0.05) is 6.07 Å². The molecule has 0 bridgehead atoms. The van der Waals surface area contributed by atoms with Gasteiger partial charge in [0, 0.05) is 0 Å². The van der Waals surface area contributed by atoms with E-state index >= 15 is 0 Å². The number of rotatable bonds is 4. The van der Waals surface area contributed by atoms with Crippen LogP contribution in [0.15, 0.2) is 52.9 Å². The second kappa shape index (κ2) is 8.72. The second-order valence-electron chi connectivity index (χ2n) is 5.95. The van der Waals surface area contributed by atoms with Gasteiger partial charge in [0.15, 0.2) is 4.90 Å². The third-order valence-electron chi connectivity index (χ3n) is 4.30. The van der Waals surface area contributed by atoms with Crippen molar-refractivity contribution in [2.24, 2.45) is 0 Å². The van der Waals surface area contributed by atoms with Crippen molar-refractivity contribution in [3.63, 3.8) is 0 Å². The van der Waals surface area contributed by atoms with E-state index in [4.69, 9.17) is 5.11 Å². The molecule has 3 nitrogen and oxygen atoms in total. The molecule has 0 radical (unpaired) electrons. The molecule has 1 aliphatic carbocycles. The van der Waals surface area contributed by atoms with Crippen molar-refractivity contribution in [2.75, 3.05) is 6.26 Å². The summed E-state index contributed by atoms with van der Waals surface area (Å²) >= 11 is -1.04. The van der Waals surface area contributed by atoms with E-state index in [1.165, 1.54) is 12.1 Å². The summed E-state index contributed by atoms with van der Waals surface area (Å²) in [5.74, 6) is -1.33. The number of carbonyl (C=O) groups is 1. The molecule has 0 amide bonds. The van der Waals surface area contributed by atoms with Gasteiger partial charge < -0.3 is 9.66 Å². The van der Waals surface area contributed by atoms with Crippen molar-refractivity contribution < 1.29 is 18.8 Å². The van der Waals surface area contributed by atoms with Gasteiger partial charge in [-0.25, -0.2) is 4.39 Å². The third kappa shape index (κ3) is 4.41. The predicted molar refractivity (Wildman–Crippen MR) is 106 cm³/mol. The Hall–Kier alpha value is -1.11. The first-order valence-electron chi connectivity index (χ1n) is 7.74. The summed E-state index contributed by atoms with van der Waals surface area (Å²) < 4.78 is 25.1. The molecule has 0 saturated heterocycles. The van der Waals surface area contributed by atoms with E-state index in [2.05, 4.69) is 0 Å². The summed E-state index contributed by atoms with van der Waals surface area (Å²) in [6.07, 6.45) is 3.43. The molecule has 0 saturated carbocycles. The van der Waals surface area contributed by atoms with Gasteiger partial charge in [0.2, 0.25) is 0 Å². The predicted octanol–water partition coefficient (Wildman–Crippen LogP) is 3.45. The van der Waals surface area contributed by atoms with Crippen LogP contribution in [0.4, 0.5) is 4.39 Å². The molecule has 0 aliphatic heterocycles. The molecular weight excluding hydrogens is 379 g/mol. The molecule has 0 heterocycles. The maximum absolute atomic E-state index is 13.7. The van der Waals surface area contributed by atoms with Gasteiger partial charge in [-0.05, 0) is 94.0 Å². The van der Waals surface area contributed by atoms with Gasteiger partial charge in [0.25, 0.3) is 0 Å². The first-order valence-corrected chi connectivity index (χ1v) is 9.30. The zero-order valence-corrected chi connectivity index (χ0v) is 14.7. The molecule has 2 aromatic carbocycles. The fourth-order valence-electron chi connectivity index (χ4n) is 3.05. The molecule has 132 valence electrons. The maximum atomic E-state index is 13.7. The Labute approximate surface area is 184 Å². The summed E-state index contributed by atoms with van der Waals surface area (Å²) in [7, 11) is 0. The van der Waals surface area contributed by atoms with Gasteiger partial charge in [-0.2, -0.15) is 0 Å². The molecule has 26 heavy (non-hydrogen) atoms. The van der Waals surface area contributed by atoms with Crippen LogP contribution in [0.3, 0.4) is 0 Å². The fraction of sp³-hybridized carbons (Fsp3) is 0.150. The van der Waals surface area contributed by atoms with E-state index < -0.39 is 17.1 Å². The van der Waals surface area contributed by atoms with Gasteiger partial charge in [0.1, 0.15) is 12.1 Å². The average Bonchev–Trinajstić information content (AvgIpc) is 2.80. The van der Waals surface area contributed by atoms with Crippen LogP contribution in [0.2, 0.25) is 0 Å². The number of carboxylic acids is 1. The Bertz CT molecular complexity index is 902. The summed E-state index contributed by atoms with van der Waals surface area (Å²) in [4.78, 5) is 11.9. The van der Waals surface area contributed by atoms with Gasteiger partial charge in [-0.15, -0.1) is 0 Å². The molecule has 1 atom stereocenters. The Morgan fingerprint density at radius 3 is 2.42 bits per heavy atom. The summed E-state index contributed by atoms with van der Waals surface area (Å²) in [6, 6.07) is 11.8. The fourth-order valence-corrected chi connectivity index (χ4v) is 3.57. The van der Waals surface area contributed by atoms with Crippen molar-refractivity contribution in [1.82, 2.24) is 0 Å². The van der Waals surface area contributed by atoms with Crippen LogP contribution >= 0.6 is 0 Å². The van der Waals surface area contributed by atoms with Gasteiger partial charge in [0.05, 0.1) is 6.42 Å². The van der Waals surface area contributed by atoms with Crippen LogP contribution in [0.25, 0.3) is 17.2 Å². The van der Waals surface area contributed by atoms with E-state index in [-0.39, 0.29) is 50.0 Å². The number of carboxylic acid groups (broad SMARTS) is 1. The quantitative estimate of drug-likeness (QED) is 0.634. The van der Waals surface area contributed by atoms with Crippen LogP contribution in [0, 0.1) is 5.82 Å². The zero-order valence-electron chi connectivity index (χ0n) is 13.9. The summed E-state index contributed by atoms with van der Waals surface area (Å²) in [5.41, 5.74) is 4.74. The van der Waals surface area contributed by atoms with E-state index in [0.717, 1.165) is 27.2 Å². The average molecular weight is 399 g/mol. The monoisotopic (exact) mass is 398 g/mol. The van der Waals surface area contributed by atoms with Crippen molar-refractivity contribution in [3.8, 4) is 0 Å². The van der Waals surface area contributed by atoms with E-state index in [1.807, 2.05) is 25.1 Å². The summed E-state index contributed by atoms with van der Waals surface area (Å²) in [6.45, 7) is 1.86. The minimum atomic E-state index is -1.04. The van der Waals surface area contributed by atoms with Crippen molar-refractivity contribution in [3.05, 3.63) is 70.5 Å². The van der Waals surface area contributed by atoms with Gasteiger partial charge in [-0.3, -0.25) is 4.79 Å². The van der Waals surface area contributed by atoms with Crippen LogP contribution in [-0.4, -0.2) is 59.6 Å². The molecular formula is C20H19CaFO3S. The molecule has 1 unspecified atom stereocenters. The first kappa shape index (κ1) is 21.2. The molecule has 0 aromatic heterocycles. The van der Waals surface area contributed by atoms with Crippen LogP contribution in [-0.2, 0) is 16.0 Å². The van der Waals surface area contributed by atoms with Crippen molar-refractivity contribution in [2.45, 2.75) is 18.2 Å². The normalized spacial score (nSPS) is 15.6. The molecule has 1 N–H and O–H groups in total. The molecule has 2 aromatic rings. The number of hydrogen-bond acceptors (Lipinski definition) is 2. The number of allylic oxidation sites excluding steroid dienone is 2. The van der Waals surface area contributed by atoms with Crippen molar-refractivity contribution >= 4 is 72.1 Å². The second-order valence-corrected chi connectivity index (χ2v) is 7.32. The number of halogens is 1. The van der Waals surface area contributed by atoms with Crippen LogP contribution in [0.5, 0.6) is 0 Å². The van der Waals surface area contributed by atoms with Gasteiger partial charge >= 0.3 is 43.7 Å². The number of aliphatic carboxylic acids is 1. The molecule has 0 fully saturated rings. The zero-order chi connectivity index (χ0) is 18.1. The first-order chi connectivity index (χ1) is 11.9. The number of benzene rings is 2. The summed E-state index contributed by atoms with van der Waals surface area (Å²) in [5, 5.41) is 9.17. The topological polar surface area (TPSA) is 60.4 Å². The van der Waals surface area contributed by atoms with E-state index in [1.54, 1.807) is 24.5 Å². The molecule has 3 rings (SSSR count). The molecule has 0 spiro atoms. The standard InChI is InChI=1S/C20H17FO3S.Ca.2H/c1-12-17(9-13-3-6-15(7-4-13)25(2)24)16-8-5-14(21)10-19(16)18(12)11-20(22)23;;;/h3-10H,11H2,1-2H3,(H,22,23);;;/b17-9-;;;. The Kier molecular flexibility index (Phi) is 7.11. The molecule has 6 heteroatoms. The van der Waals surface area contributed by atoms with Crippen LogP contribution in [0.1, 0.15) is 30.0 Å². The SMILES string of the molecule is CC1=C(CC(=O)O)c2cc(F)ccc2/C1=C\c1ccc([S+](C)[O-])cc1.[CaH2]. The molecule has 1 aliphatic rings. The van der Waals surface area contributed by atoms with E-state index in [0.29, 0.717) is 11.1 Å². The Morgan fingerprint density at radius 1 is 1.19 bits per heavy atom. The minimum absolute atomic E-state index is 0. The van der Waals surface area contributed by atoms with Crippen LogP contribution < -0.4 is 0 Å². The van der Waals surface area contributed by atoms with E-state index in [9.17, 15) is 13.7 Å². The number of fused-ring (bicyclic) bond motifs is 1. The Morgan fingerprint density at radius 2 is 1.85 bits per heavy atom. The van der Waals surface area contributed by atoms with Crippen molar-refractivity contribution in [1.29, 1.82) is 0 Å².